The minimum atomic E-state index is -0.366. The van der Waals surface area contributed by atoms with Gasteiger partial charge in [-0.1, -0.05) is 50.2 Å². The lowest BCUT2D eigenvalue weighted by atomic mass is 9.92. The summed E-state index contributed by atoms with van der Waals surface area (Å²) in [6.07, 6.45) is 2.25. The van der Waals surface area contributed by atoms with E-state index in [-0.39, 0.29) is 22.7 Å². The van der Waals surface area contributed by atoms with Crippen molar-refractivity contribution in [1.82, 2.24) is 14.8 Å². The van der Waals surface area contributed by atoms with E-state index in [1.54, 1.807) is 16.8 Å². The molecule has 2 aromatic carbocycles. The number of aromatic nitrogens is 3. The van der Waals surface area contributed by atoms with Gasteiger partial charge in [-0.3, -0.25) is 10.1 Å². The van der Waals surface area contributed by atoms with Crippen molar-refractivity contribution in [2.24, 2.45) is 0 Å². The van der Waals surface area contributed by atoms with Gasteiger partial charge in [-0.15, -0.1) is 0 Å². The highest BCUT2D eigenvalue weighted by molar-refractivity contribution is 5.42. The first kappa shape index (κ1) is 17.2. The minimum Gasteiger partial charge on any atom is -0.348 e. The number of non-ortho nitro benzene ring substituents is 1. The molecule has 0 saturated carbocycles. The first-order valence-electron chi connectivity index (χ1n) is 9.03. The summed E-state index contributed by atoms with van der Waals surface area (Å²) in [6.45, 7) is 4.35. The highest BCUT2D eigenvalue weighted by Gasteiger charge is 2.30. The Balaban J connectivity index is 1.69. The molecule has 1 aliphatic rings. The molecule has 7 heteroatoms. The Kier molecular flexibility index (Phi) is 4.35. The van der Waals surface area contributed by atoms with Crippen LogP contribution in [0.4, 0.5) is 11.6 Å². The van der Waals surface area contributed by atoms with E-state index in [1.165, 1.54) is 23.5 Å². The zero-order valence-electron chi connectivity index (χ0n) is 15.2. The van der Waals surface area contributed by atoms with Gasteiger partial charge in [0.15, 0.2) is 0 Å². The van der Waals surface area contributed by atoms with Crippen LogP contribution in [0.25, 0.3) is 0 Å². The fourth-order valence-electron chi connectivity index (χ4n) is 3.57. The Labute approximate surface area is 157 Å². The summed E-state index contributed by atoms with van der Waals surface area (Å²) in [5.41, 5.74) is 3.42. The Bertz CT molecular complexity index is 965. The van der Waals surface area contributed by atoms with Gasteiger partial charge in [0.1, 0.15) is 6.33 Å². The van der Waals surface area contributed by atoms with Crippen LogP contribution >= 0.6 is 0 Å². The van der Waals surface area contributed by atoms with Crippen LogP contribution in [0, 0.1) is 10.1 Å². The number of nitrogens with one attached hydrogen (secondary N) is 1. The van der Waals surface area contributed by atoms with E-state index in [0.717, 1.165) is 12.0 Å². The second-order valence-corrected chi connectivity index (χ2v) is 7.15. The molecular weight excluding hydrogens is 342 g/mol. The molecule has 3 aromatic rings. The van der Waals surface area contributed by atoms with E-state index >= 15 is 0 Å². The van der Waals surface area contributed by atoms with Crippen LogP contribution in [0.1, 0.15) is 55.0 Å². The van der Waals surface area contributed by atoms with Crippen molar-refractivity contribution in [3.05, 3.63) is 81.7 Å². The van der Waals surface area contributed by atoms with E-state index in [1.807, 2.05) is 6.07 Å². The zero-order valence-corrected chi connectivity index (χ0v) is 15.2. The van der Waals surface area contributed by atoms with Crippen molar-refractivity contribution in [2.45, 2.75) is 38.3 Å². The number of nitro benzene ring substituents is 1. The number of nitrogens with zero attached hydrogens (tertiary/aromatic N) is 4. The molecule has 0 fully saturated rings. The topological polar surface area (TPSA) is 85.9 Å². The summed E-state index contributed by atoms with van der Waals surface area (Å²) < 4.78 is 1.80. The van der Waals surface area contributed by atoms with Crippen LogP contribution in [0.3, 0.4) is 0 Å². The largest absolute Gasteiger partial charge is 0.348 e. The van der Waals surface area contributed by atoms with E-state index in [2.05, 4.69) is 53.5 Å². The van der Waals surface area contributed by atoms with Crippen LogP contribution < -0.4 is 5.32 Å². The Hall–Kier alpha value is -3.22. The highest BCUT2D eigenvalue weighted by atomic mass is 16.6. The molecule has 7 nitrogen and oxygen atoms in total. The van der Waals surface area contributed by atoms with E-state index in [9.17, 15) is 10.1 Å². The molecule has 27 heavy (non-hydrogen) atoms. The molecule has 0 aliphatic carbocycles. The standard InChI is InChI=1S/C20H21N5O2/c1-13(2)14-6-8-15(9-7-14)18-11-19(24-20(23-18)21-12-22-24)16-4-3-5-17(10-16)25(26)27/h3-10,12-13,18-19H,11H2,1-2H3,(H,21,22,23)/t18-,19-/m1/s1. The second kappa shape index (κ2) is 6.83. The number of hydrogen-bond acceptors (Lipinski definition) is 5. The molecule has 138 valence electrons. The van der Waals surface area contributed by atoms with Crippen molar-refractivity contribution < 1.29 is 4.92 Å². The quantitative estimate of drug-likeness (QED) is 0.546. The number of hydrogen-bond donors (Lipinski definition) is 1. The average Bonchev–Trinajstić information content (AvgIpc) is 3.16. The van der Waals surface area contributed by atoms with Crippen LogP contribution in [0.5, 0.6) is 0 Å². The molecule has 1 N–H and O–H groups in total. The maximum Gasteiger partial charge on any atom is 0.269 e. The van der Waals surface area contributed by atoms with Gasteiger partial charge in [-0.05, 0) is 29.0 Å². The Morgan fingerprint density at radius 2 is 1.96 bits per heavy atom. The van der Waals surface area contributed by atoms with Gasteiger partial charge in [-0.25, -0.2) is 4.68 Å². The Morgan fingerprint density at radius 3 is 2.67 bits per heavy atom. The molecule has 0 saturated heterocycles. The third-order valence-corrected chi connectivity index (χ3v) is 5.10. The fraction of sp³-hybridized carbons (Fsp3) is 0.300. The molecule has 1 aromatic heterocycles. The fourth-order valence-corrected chi connectivity index (χ4v) is 3.57. The molecule has 1 aliphatic heterocycles. The second-order valence-electron chi connectivity index (χ2n) is 7.15. The molecule has 0 amide bonds. The van der Waals surface area contributed by atoms with Crippen LogP contribution in [-0.2, 0) is 0 Å². The smallest absolute Gasteiger partial charge is 0.269 e. The van der Waals surface area contributed by atoms with Crippen molar-refractivity contribution in [3.63, 3.8) is 0 Å². The number of nitro groups is 1. The highest BCUT2D eigenvalue weighted by Crippen LogP contribution is 2.38. The SMILES string of the molecule is CC(C)c1ccc([C@H]2C[C@H](c3cccc([N+](=O)[O-])c3)n3ncnc3N2)cc1. The third kappa shape index (κ3) is 3.28. The van der Waals surface area contributed by atoms with Crippen molar-refractivity contribution >= 4 is 11.6 Å². The van der Waals surface area contributed by atoms with Crippen molar-refractivity contribution in [3.8, 4) is 0 Å². The van der Waals surface area contributed by atoms with Crippen LogP contribution in [0.2, 0.25) is 0 Å². The summed E-state index contributed by atoms with van der Waals surface area (Å²) >= 11 is 0. The van der Waals surface area contributed by atoms with Crippen molar-refractivity contribution in [2.75, 3.05) is 5.32 Å². The molecule has 4 rings (SSSR count). The first-order valence-corrected chi connectivity index (χ1v) is 9.03. The molecule has 0 unspecified atom stereocenters. The monoisotopic (exact) mass is 363 g/mol. The summed E-state index contributed by atoms with van der Waals surface area (Å²) in [6, 6.07) is 15.3. The average molecular weight is 363 g/mol. The summed E-state index contributed by atoms with van der Waals surface area (Å²) in [5, 5.41) is 18.9. The molecule has 0 bridgehead atoms. The molecule has 2 heterocycles. The van der Waals surface area contributed by atoms with Gasteiger partial charge in [0, 0.05) is 12.1 Å². The molecular formula is C20H21N5O2. The first-order chi connectivity index (χ1) is 13.0. The minimum absolute atomic E-state index is 0.0622. The van der Waals surface area contributed by atoms with E-state index in [4.69, 9.17) is 0 Å². The number of benzene rings is 2. The van der Waals surface area contributed by atoms with Gasteiger partial charge in [-0.2, -0.15) is 10.1 Å². The number of anilines is 1. The van der Waals surface area contributed by atoms with Gasteiger partial charge in [0.2, 0.25) is 5.95 Å². The lowest BCUT2D eigenvalue weighted by molar-refractivity contribution is -0.384. The van der Waals surface area contributed by atoms with E-state index < -0.39 is 0 Å². The zero-order chi connectivity index (χ0) is 19.0. The number of fused-ring (bicyclic) bond motifs is 1. The van der Waals surface area contributed by atoms with Crippen molar-refractivity contribution in [1.29, 1.82) is 0 Å². The summed E-state index contributed by atoms with van der Waals surface area (Å²) in [5.74, 6) is 1.16. The lowest BCUT2D eigenvalue weighted by Crippen LogP contribution is -2.28. The number of rotatable bonds is 4. The predicted octanol–water partition coefficient (Wildman–Crippen LogP) is 4.46. The van der Waals surface area contributed by atoms with Crippen LogP contribution in [0.15, 0.2) is 54.9 Å². The van der Waals surface area contributed by atoms with Gasteiger partial charge < -0.3 is 5.32 Å². The lowest BCUT2D eigenvalue weighted by Gasteiger charge is -2.31. The maximum absolute atomic E-state index is 11.2. The predicted molar refractivity (Wildman–Crippen MR) is 103 cm³/mol. The molecule has 2 atom stereocenters. The molecule has 0 spiro atoms. The normalized spacial score (nSPS) is 18.8. The van der Waals surface area contributed by atoms with Gasteiger partial charge in [0.05, 0.1) is 17.0 Å². The van der Waals surface area contributed by atoms with Gasteiger partial charge in [0.25, 0.3) is 5.69 Å². The summed E-state index contributed by atoms with van der Waals surface area (Å²) in [4.78, 5) is 15.1. The summed E-state index contributed by atoms with van der Waals surface area (Å²) in [7, 11) is 0. The third-order valence-electron chi connectivity index (χ3n) is 5.10. The van der Waals surface area contributed by atoms with E-state index in [0.29, 0.717) is 11.9 Å². The Morgan fingerprint density at radius 1 is 1.19 bits per heavy atom. The molecule has 0 radical (unpaired) electrons. The van der Waals surface area contributed by atoms with Crippen LogP contribution in [-0.4, -0.2) is 19.7 Å². The maximum atomic E-state index is 11.2. The van der Waals surface area contributed by atoms with Gasteiger partial charge >= 0.3 is 0 Å².